The molecule has 2 aromatic carbocycles. The van der Waals surface area contributed by atoms with Gasteiger partial charge in [-0.3, -0.25) is 24.6 Å². The van der Waals surface area contributed by atoms with Gasteiger partial charge >= 0.3 is 0 Å². The zero-order chi connectivity index (χ0) is 21.9. The molecule has 0 unspecified atom stereocenters. The van der Waals surface area contributed by atoms with Gasteiger partial charge in [0.2, 0.25) is 11.8 Å². The molecule has 31 heavy (non-hydrogen) atoms. The second kappa shape index (κ2) is 6.69. The molecule has 0 radical (unpaired) electrons. The summed E-state index contributed by atoms with van der Waals surface area (Å²) in [6.45, 7) is 1.92. The van der Waals surface area contributed by atoms with Crippen molar-refractivity contribution in [3.05, 3.63) is 54.1 Å². The van der Waals surface area contributed by atoms with Gasteiger partial charge in [-0.25, -0.2) is 4.90 Å². The Kier molecular flexibility index (Phi) is 4.17. The van der Waals surface area contributed by atoms with E-state index in [1.54, 1.807) is 24.3 Å². The number of para-hydroxylation sites is 3. The minimum atomic E-state index is -1.33. The van der Waals surface area contributed by atoms with E-state index >= 15 is 0 Å². The van der Waals surface area contributed by atoms with Crippen LogP contribution in [0.15, 0.2) is 48.5 Å². The molecule has 0 aliphatic carbocycles. The van der Waals surface area contributed by atoms with Crippen LogP contribution in [-0.4, -0.2) is 37.4 Å². The number of hydrogen-bond acceptors (Lipinski definition) is 5. The van der Waals surface area contributed by atoms with Crippen molar-refractivity contribution in [3.8, 4) is 18.1 Å². The Morgan fingerprint density at radius 2 is 1.74 bits per heavy atom. The van der Waals surface area contributed by atoms with Crippen LogP contribution in [0, 0.1) is 24.2 Å². The minimum absolute atomic E-state index is 0.0867. The van der Waals surface area contributed by atoms with Gasteiger partial charge in [0.1, 0.15) is 11.3 Å². The van der Waals surface area contributed by atoms with Crippen LogP contribution in [0.2, 0.25) is 0 Å². The number of methoxy groups -OCH3 is 1. The highest BCUT2D eigenvalue weighted by molar-refractivity contribution is 6.26. The molecule has 5 rings (SSSR count). The maximum absolute atomic E-state index is 13.8. The third-order valence-electron chi connectivity index (χ3n) is 6.59. The zero-order valence-electron chi connectivity index (χ0n) is 17.2. The molecule has 3 aliphatic rings. The van der Waals surface area contributed by atoms with Gasteiger partial charge in [0, 0.05) is 11.6 Å². The molecule has 0 aromatic heterocycles. The summed E-state index contributed by atoms with van der Waals surface area (Å²) in [5.41, 5.74) is 0.400. The van der Waals surface area contributed by atoms with Gasteiger partial charge in [-0.2, -0.15) is 0 Å². The number of fused-ring (bicyclic) bond motifs is 4. The number of rotatable bonds is 3. The first-order chi connectivity index (χ1) is 15.0. The molecule has 0 bridgehead atoms. The summed E-state index contributed by atoms with van der Waals surface area (Å²) >= 11 is 0. The Balaban J connectivity index is 1.68. The summed E-state index contributed by atoms with van der Waals surface area (Å²) < 4.78 is 5.39. The fourth-order valence-electron chi connectivity index (χ4n) is 5.41. The molecule has 1 spiro atoms. The van der Waals surface area contributed by atoms with E-state index < -0.39 is 23.3 Å². The number of nitrogens with zero attached hydrogens (tertiary/aromatic N) is 2. The molecule has 4 atom stereocenters. The maximum Gasteiger partial charge on any atom is 0.253 e. The third kappa shape index (κ3) is 2.31. The van der Waals surface area contributed by atoms with Crippen molar-refractivity contribution >= 4 is 29.1 Å². The van der Waals surface area contributed by atoms with E-state index in [1.807, 2.05) is 31.2 Å². The summed E-state index contributed by atoms with van der Waals surface area (Å²) in [5, 5.41) is 3.33. The molecular weight excluding hydrogens is 394 g/mol. The number of hydrogen-bond donors (Lipinski definition) is 1. The van der Waals surface area contributed by atoms with E-state index in [9.17, 15) is 14.4 Å². The molecular formula is C24H21N3O4. The highest BCUT2D eigenvalue weighted by Gasteiger charge is 2.71. The largest absolute Gasteiger partial charge is 0.495 e. The fourth-order valence-corrected chi connectivity index (χ4v) is 5.41. The van der Waals surface area contributed by atoms with E-state index in [0.717, 1.165) is 0 Å². The SMILES string of the molecule is C#CCN1C(=O)[C@]2(N[C@H](C)[C@@H]3C(=O)N(c4ccccc4OC)C(=O)[C@@H]32)c2ccccc21. The minimum Gasteiger partial charge on any atom is -0.495 e. The smallest absolute Gasteiger partial charge is 0.253 e. The number of anilines is 2. The highest BCUT2D eigenvalue weighted by atomic mass is 16.5. The van der Waals surface area contributed by atoms with Crippen molar-refractivity contribution in [2.75, 3.05) is 23.5 Å². The van der Waals surface area contributed by atoms with Gasteiger partial charge in [0.25, 0.3) is 5.91 Å². The van der Waals surface area contributed by atoms with Gasteiger partial charge in [0.05, 0.1) is 36.9 Å². The topological polar surface area (TPSA) is 79.0 Å². The predicted octanol–water partition coefficient (Wildman–Crippen LogP) is 1.67. The van der Waals surface area contributed by atoms with Crippen molar-refractivity contribution in [2.45, 2.75) is 18.5 Å². The van der Waals surface area contributed by atoms with E-state index in [1.165, 1.54) is 16.9 Å². The van der Waals surface area contributed by atoms with E-state index in [0.29, 0.717) is 22.7 Å². The van der Waals surface area contributed by atoms with E-state index in [-0.39, 0.29) is 24.4 Å². The lowest BCUT2D eigenvalue weighted by atomic mass is 9.76. The van der Waals surface area contributed by atoms with Crippen molar-refractivity contribution in [1.82, 2.24) is 5.32 Å². The Morgan fingerprint density at radius 3 is 2.45 bits per heavy atom. The average Bonchev–Trinajstić information content (AvgIpc) is 3.32. The number of imide groups is 1. The molecule has 0 saturated carbocycles. The van der Waals surface area contributed by atoms with Gasteiger partial charge in [-0.05, 0) is 25.1 Å². The van der Waals surface area contributed by atoms with Crippen LogP contribution in [0.3, 0.4) is 0 Å². The summed E-state index contributed by atoms with van der Waals surface area (Å²) in [4.78, 5) is 43.7. The number of terminal acetylenes is 1. The summed E-state index contributed by atoms with van der Waals surface area (Å²) in [6, 6.07) is 13.8. The molecule has 3 aliphatic heterocycles. The second-order valence-electron chi connectivity index (χ2n) is 8.04. The Labute approximate surface area is 180 Å². The normalized spacial score (nSPS) is 28.8. The number of carbonyl (C=O) groups excluding carboxylic acids is 3. The van der Waals surface area contributed by atoms with Crippen LogP contribution in [0.5, 0.6) is 5.75 Å². The number of benzene rings is 2. The molecule has 3 heterocycles. The van der Waals surface area contributed by atoms with Crippen LogP contribution < -0.4 is 19.9 Å². The molecule has 2 aromatic rings. The van der Waals surface area contributed by atoms with Crippen LogP contribution in [-0.2, 0) is 19.9 Å². The second-order valence-corrected chi connectivity index (χ2v) is 8.04. The van der Waals surface area contributed by atoms with Gasteiger partial charge in [0.15, 0.2) is 0 Å². The first kappa shape index (κ1) is 19.3. The standard InChI is InChI=1S/C24H21N3O4/c1-4-13-26-16-10-6-5-9-15(16)24(23(26)30)20-19(14(2)25-24)21(28)27(22(20)29)17-11-7-8-12-18(17)31-3/h1,5-12,14,19-20,25H,13H2,2-3H3/t14-,19+,20-,24+/m1/s1. The van der Waals surface area contributed by atoms with Gasteiger partial charge in [-0.1, -0.05) is 36.3 Å². The van der Waals surface area contributed by atoms with Crippen LogP contribution in [0.1, 0.15) is 12.5 Å². The molecule has 2 fully saturated rings. The van der Waals surface area contributed by atoms with Crippen LogP contribution >= 0.6 is 0 Å². The first-order valence-corrected chi connectivity index (χ1v) is 10.1. The fraction of sp³-hybridized carbons (Fsp3) is 0.292. The molecule has 1 N–H and O–H groups in total. The van der Waals surface area contributed by atoms with Gasteiger partial charge < -0.3 is 4.74 Å². The van der Waals surface area contributed by atoms with Gasteiger partial charge in [-0.15, -0.1) is 6.42 Å². The molecule has 3 amide bonds. The summed E-state index contributed by atoms with van der Waals surface area (Å²) in [5.74, 6) is 0.342. The molecule has 2 saturated heterocycles. The first-order valence-electron chi connectivity index (χ1n) is 10.1. The Bertz CT molecular complexity index is 1170. The van der Waals surface area contributed by atoms with Crippen LogP contribution in [0.25, 0.3) is 0 Å². The number of amides is 3. The Hall–Kier alpha value is -3.63. The maximum atomic E-state index is 13.8. The van der Waals surface area contributed by atoms with Crippen molar-refractivity contribution < 1.29 is 19.1 Å². The average molecular weight is 415 g/mol. The monoisotopic (exact) mass is 415 g/mol. The summed E-state index contributed by atoms with van der Waals surface area (Å²) in [7, 11) is 1.49. The van der Waals surface area contributed by atoms with Crippen molar-refractivity contribution in [2.24, 2.45) is 11.8 Å². The number of ether oxygens (including phenoxy) is 1. The third-order valence-corrected chi connectivity index (χ3v) is 6.59. The molecule has 7 nitrogen and oxygen atoms in total. The van der Waals surface area contributed by atoms with Crippen molar-refractivity contribution in [1.29, 1.82) is 0 Å². The zero-order valence-corrected chi connectivity index (χ0v) is 17.2. The van der Waals surface area contributed by atoms with Crippen molar-refractivity contribution in [3.63, 3.8) is 0 Å². The lowest BCUT2D eigenvalue weighted by molar-refractivity contribution is -0.132. The quantitative estimate of drug-likeness (QED) is 0.610. The predicted molar refractivity (Wildman–Crippen MR) is 114 cm³/mol. The lowest BCUT2D eigenvalue weighted by Crippen LogP contribution is -2.55. The molecule has 7 heteroatoms. The van der Waals surface area contributed by atoms with E-state index in [2.05, 4.69) is 11.2 Å². The van der Waals surface area contributed by atoms with Crippen LogP contribution in [0.4, 0.5) is 11.4 Å². The summed E-state index contributed by atoms with van der Waals surface area (Å²) in [6.07, 6.45) is 5.52. The Morgan fingerprint density at radius 1 is 1.06 bits per heavy atom. The lowest BCUT2D eigenvalue weighted by Gasteiger charge is -2.30. The van der Waals surface area contributed by atoms with E-state index in [4.69, 9.17) is 11.2 Å². The number of nitrogens with one attached hydrogen (secondary N) is 1. The highest BCUT2D eigenvalue weighted by Crippen LogP contribution is 2.55. The molecule has 156 valence electrons. The number of carbonyl (C=O) groups is 3.